The van der Waals surface area contributed by atoms with Gasteiger partial charge in [-0.2, -0.15) is 5.10 Å². The summed E-state index contributed by atoms with van der Waals surface area (Å²) < 4.78 is 5.56. The third-order valence-electron chi connectivity index (χ3n) is 4.37. The number of aryl methyl sites for hydroxylation is 1. The van der Waals surface area contributed by atoms with E-state index in [4.69, 9.17) is 4.42 Å². The minimum absolute atomic E-state index is 0.0152. The van der Waals surface area contributed by atoms with E-state index in [1.165, 1.54) is 12.1 Å². The van der Waals surface area contributed by atoms with Crippen LogP contribution >= 0.6 is 0 Å². The zero-order valence-corrected chi connectivity index (χ0v) is 13.2. The van der Waals surface area contributed by atoms with Gasteiger partial charge in [-0.3, -0.25) is 14.4 Å². The van der Waals surface area contributed by atoms with Gasteiger partial charge in [-0.1, -0.05) is 12.1 Å². The highest BCUT2D eigenvalue weighted by Crippen LogP contribution is 2.18. The van der Waals surface area contributed by atoms with Crippen molar-refractivity contribution in [2.45, 2.75) is 25.3 Å². The first-order valence-corrected chi connectivity index (χ1v) is 8.01. The number of hydrogen-bond donors (Lipinski definition) is 2. The summed E-state index contributed by atoms with van der Waals surface area (Å²) >= 11 is 0. The van der Waals surface area contributed by atoms with E-state index in [9.17, 15) is 14.4 Å². The molecule has 2 N–H and O–H groups in total. The van der Waals surface area contributed by atoms with Gasteiger partial charge in [0, 0.05) is 18.2 Å². The van der Waals surface area contributed by atoms with Crippen molar-refractivity contribution in [2.24, 2.45) is 0 Å². The molecule has 1 aromatic carbocycles. The van der Waals surface area contributed by atoms with E-state index in [2.05, 4.69) is 15.5 Å². The Kier molecular flexibility index (Phi) is 3.68. The van der Waals surface area contributed by atoms with E-state index in [0.717, 1.165) is 11.3 Å². The predicted molar refractivity (Wildman–Crippen MR) is 90.6 cm³/mol. The fraction of sp³-hybridized carbons (Fsp3) is 0.222. The zero-order chi connectivity index (χ0) is 17.4. The molecule has 7 nitrogen and oxygen atoms in total. The lowest BCUT2D eigenvalue weighted by molar-refractivity contribution is 0.0906. The third-order valence-corrected chi connectivity index (χ3v) is 4.37. The number of nitrogens with zero attached hydrogens (tertiary/aromatic N) is 1. The van der Waals surface area contributed by atoms with Gasteiger partial charge < -0.3 is 9.73 Å². The molecule has 1 aliphatic rings. The number of carbonyl (C=O) groups excluding carboxylic acids is 1. The van der Waals surface area contributed by atoms with Crippen LogP contribution in [-0.4, -0.2) is 22.1 Å². The molecule has 126 valence electrons. The first-order chi connectivity index (χ1) is 12.1. The number of aromatic nitrogens is 2. The Morgan fingerprint density at radius 1 is 1.24 bits per heavy atom. The molecule has 0 unspecified atom stereocenters. The second-order valence-electron chi connectivity index (χ2n) is 6.09. The molecule has 0 aliphatic heterocycles. The lowest BCUT2D eigenvalue weighted by Crippen LogP contribution is -2.39. The summed E-state index contributed by atoms with van der Waals surface area (Å²) in [5.41, 5.74) is 1.55. The summed E-state index contributed by atoms with van der Waals surface area (Å²) in [4.78, 5) is 36.0. The molecule has 1 aliphatic carbocycles. The molecule has 2 aromatic heterocycles. The Balaban J connectivity index is 1.57. The Labute approximate surface area is 141 Å². The molecule has 0 spiro atoms. The lowest BCUT2D eigenvalue weighted by atomic mass is 9.92. The average molecular weight is 337 g/mol. The molecule has 2 heterocycles. The number of aromatic amines is 1. The largest absolute Gasteiger partial charge is 0.451 e. The lowest BCUT2D eigenvalue weighted by Gasteiger charge is -2.24. The van der Waals surface area contributed by atoms with Crippen LogP contribution in [0.2, 0.25) is 0 Å². The number of fused-ring (bicyclic) bond motifs is 2. The number of benzene rings is 1. The summed E-state index contributed by atoms with van der Waals surface area (Å²) in [5, 5.41) is 9.76. The van der Waals surface area contributed by atoms with E-state index in [-0.39, 0.29) is 22.8 Å². The Bertz CT molecular complexity index is 1080. The van der Waals surface area contributed by atoms with Gasteiger partial charge in [-0.25, -0.2) is 5.10 Å². The van der Waals surface area contributed by atoms with Crippen LogP contribution in [0.4, 0.5) is 0 Å². The van der Waals surface area contributed by atoms with Crippen molar-refractivity contribution < 1.29 is 9.21 Å². The topological polar surface area (TPSA) is 105 Å². The van der Waals surface area contributed by atoms with Crippen molar-refractivity contribution >= 4 is 16.9 Å². The second-order valence-corrected chi connectivity index (χ2v) is 6.09. The maximum absolute atomic E-state index is 12.5. The average Bonchev–Trinajstić information content (AvgIpc) is 2.61. The molecule has 0 radical (unpaired) electrons. The molecule has 3 aromatic rings. The standard InChI is InChI=1S/C18H15N3O4/c22-14-9-16(25-15-4-2-1-3-12(14)15)18(24)19-11-5-6-13-10(7-11)8-17(23)21-20-13/h1-4,8-9,11H,5-7H2,(H,19,24)(H,21,23)/t11-/m0/s1. The van der Waals surface area contributed by atoms with E-state index in [1.54, 1.807) is 24.3 Å². The zero-order valence-electron chi connectivity index (χ0n) is 13.2. The number of para-hydroxylation sites is 1. The van der Waals surface area contributed by atoms with Crippen LogP contribution in [0.1, 0.15) is 28.2 Å². The summed E-state index contributed by atoms with van der Waals surface area (Å²) in [6, 6.07) is 9.38. The van der Waals surface area contributed by atoms with Crippen LogP contribution in [0, 0.1) is 0 Å². The molecule has 7 heteroatoms. The molecule has 0 saturated carbocycles. The summed E-state index contributed by atoms with van der Waals surface area (Å²) in [6.07, 6.45) is 1.89. The van der Waals surface area contributed by atoms with Crippen LogP contribution in [-0.2, 0) is 12.8 Å². The minimum atomic E-state index is -0.436. The first-order valence-electron chi connectivity index (χ1n) is 8.01. The van der Waals surface area contributed by atoms with Crippen molar-refractivity contribution in [3.63, 3.8) is 0 Å². The van der Waals surface area contributed by atoms with Crippen LogP contribution < -0.4 is 16.3 Å². The number of rotatable bonds is 2. The van der Waals surface area contributed by atoms with Crippen LogP contribution in [0.25, 0.3) is 11.0 Å². The molecule has 1 amide bonds. The molecule has 0 bridgehead atoms. The smallest absolute Gasteiger partial charge is 0.287 e. The quantitative estimate of drug-likeness (QED) is 0.730. The SMILES string of the molecule is O=C(N[C@H]1CCc2n[nH]c(=O)cc2C1)c1cc(=O)c2ccccc2o1. The fourth-order valence-corrected chi connectivity index (χ4v) is 3.14. The van der Waals surface area contributed by atoms with Crippen molar-refractivity contribution in [3.05, 3.63) is 74.0 Å². The van der Waals surface area contributed by atoms with Gasteiger partial charge in [0.2, 0.25) is 0 Å². The molecular formula is C18H15N3O4. The first kappa shape index (κ1) is 15.3. The summed E-state index contributed by atoms with van der Waals surface area (Å²) in [5.74, 6) is -0.451. The third kappa shape index (κ3) is 2.96. The van der Waals surface area contributed by atoms with Crippen LogP contribution in [0.15, 0.2) is 50.4 Å². The summed E-state index contributed by atoms with van der Waals surface area (Å²) in [7, 11) is 0. The van der Waals surface area contributed by atoms with E-state index >= 15 is 0 Å². The Hall–Kier alpha value is -3.22. The van der Waals surface area contributed by atoms with E-state index in [0.29, 0.717) is 30.2 Å². The number of amides is 1. The molecule has 4 rings (SSSR count). The van der Waals surface area contributed by atoms with E-state index in [1.807, 2.05) is 0 Å². The van der Waals surface area contributed by atoms with Crippen molar-refractivity contribution in [3.8, 4) is 0 Å². The van der Waals surface area contributed by atoms with Gasteiger partial charge >= 0.3 is 0 Å². The van der Waals surface area contributed by atoms with Crippen LogP contribution in [0.3, 0.4) is 0 Å². The second kappa shape index (κ2) is 6.01. The Morgan fingerprint density at radius 2 is 2.08 bits per heavy atom. The van der Waals surface area contributed by atoms with Crippen molar-refractivity contribution in [2.75, 3.05) is 0 Å². The molecule has 25 heavy (non-hydrogen) atoms. The normalized spacial score (nSPS) is 16.4. The number of carbonyl (C=O) groups is 1. The van der Waals surface area contributed by atoms with E-state index < -0.39 is 5.91 Å². The number of H-pyrrole nitrogens is 1. The summed E-state index contributed by atoms with van der Waals surface area (Å²) in [6.45, 7) is 0. The highest BCUT2D eigenvalue weighted by Gasteiger charge is 2.23. The van der Waals surface area contributed by atoms with Crippen LogP contribution in [0.5, 0.6) is 0 Å². The molecule has 0 fully saturated rings. The van der Waals surface area contributed by atoms with Crippen molar-refractivity contribution in [1.82, 2.24) is 15.5 Å². The van der Waals surface area contributed by atoms with Gasteiger partial charge in [0.1, 0.15) is 5.58 Å². The number of hydrogen-bond acceptors (Lipinski definition) is 5. The van der Waals surface area contributed by atoms with Gasteiger partial charge in [-0.05, 0) is 37.0 Å². The molecule has 1 atom stereocenters. The van der Waals surface area contributed by atoms with Gasteiger partial charge in [0.15, 0.2) is 11.2 Å². The number of nitrogens with one attached hydrogen (secondary N) is 2. The maximum atomic E-state index is 12.5. The monoisotopic (exact) mass is 337 g/mol. The molecular weight excluding hydrogens is 322 g/mol. The highest BCUT2D eigenvalue weighted by atomic mass is 16.3. The predicted octanol–water partition coefficient (Wildman–Crippen LogP) is 1.16. The maximum Gasteiger partial charge on any atom is 0.287 e. The van der Waals surface area contributed by atoms with Gasteiger partial charge in [0.05, 0.1) is 11.1 Å². The fourth-order valence-electron chi connectivity index (χ4n) is 3.14. The van der Waals surface area contributed by atoms with Gasteiger partial charge in [0.25, 0.3) is 11.5 Å². The van der Waals surface area contributed by atoms with Gasteiger partial charge in [-0.15, -0.1) is 0 Å². The Morgan fingerprint density at radius 3 is 2.96 bits per heavy atom. The minimum Gasteiger partial charge on any atom is -0.451 e. The van der Waals surface area contributed by atoms with Crippen molar-refractivity contribution in [1.29, 1.82) is 0 Å². The highest BCUT2D eigenvalue weighted by molar-refractivity contribution is 5.93. The molecule has 0 saturated heterocycles.